The van der Waals surface area contributed by atoms with E-state index in [2.05, 4.69) is 26.0 Å². The van der Waals surface area contributed by atoms with E-state index in [1.807, 2.05) is 43.3 Å². The van der Waals surface area contributed by atoms with Crippen LogP contribution in [-0.4, -0.2) is 16.0 Å². The molecule has 2 aromatic carbocycles. The van der Waals surface area contributed by atoms with Crippen LogP contribution in [0, 0.1) is 6.92 Å². The molecule has 1 saturated heterocycles. The Labute approximate surface area is 152 Å². The Bertz CT molecular complexity index is 837. The highest BCUT2D eigenvalue weighted by Gasteiger charge is 2.34. The SMILES string of the molecule is Cc1cccc(CN2C(=O)S/C(=C\c3ccc(C(C)C)cc3)C2=O)c1. The Morgan fingerprint density at radius 2 is 1.80 bits per heavy atom. The highest BCUT2D eigenvalue weighted by molar-refractivity contribution is 8.18. The molecule has 1 fully saturated rings. The number of thioether (sulfide) groups is 1. The van der Waals surface area contributed by atoms with Crippen molar-refractivity contribution in [2.75, 3.05) is 0 Å². The van der Waals surface area contributed by atoms with Gasteiger partial charge in [0.05, 0.1) is 11.4 Å². The van der Waals surface area contributed by atoms with Gasteiger partial charge in [0.1, 0.15) is 0 Å². The Hall–Kier alpha value is -2.33. The van der Waals surface area contributed by atoms with Crippen molar-refractivity contribution in [1.29, 1.82) is 0 Å². The molecule has 3 rings (SSSR count). The number of rotatable bonds is 4. The predicted molar refractivity (Wildman–Crippen MR) is 103 cm³/mol. The second-order valence-electron chi connectivity index (χ2n) is 6.58. The third kappa shape index (κ3) is 4.02. The van der Waals surface area contributed by atoms with Gasteiger partial charge in [-0.05, 0) is 47.4 Å². The number of carbonyl (C=O) groups is 2. The van der Waals surface area contributed by atoms with Crippen LogP contribution in [0.3, 0.4) is 0 Å². The quantitative estimate of drug-likeness (QED) is 0.696. The van der Waals surface area contributed by atoms with Gasteiger partial charge in [-0.3, -0.25) is 14.5 Å². The summed E-state index contributed by atoms with van der Waals surface area (Å²) in [6.07, 6.45) is 1.80. The van der Waals surface area contributed by atoms with Gasteiger partial charge in [0.15, 0.2) is 0 Å². The Balaban J connectivity index is 1.78. The van der Waals surface area contributed by atoms with Crippen molar-refractivity contribution in [3.8, 4) is 0 Å². The molecule has 0 N–H and O–H groups in total. The molecule has 25 heavy (non-hydrogen) atoms. The molecule has 2 amide bonds. The summed E-state index contributed by atoms with van der Waals surface area (Å²) in [6, 6.07) is 16.0. The lowest BCUT2D eigenvalue weighted by molar-refractivity contribution is -0.123. The Morgan fingerprint density at radius 3 is 2.44 bits per heavy atom. The van der Waals surface area contributed by atoms with Crippen LogP contribution in [0.2, 0.25) is 0 Å². The lowest BCUT2D eigenvalue weighted by atomic mass is 10.0. The number of benzene rings is 2. The molecule has 0 radical (unpaired) electrons. The van der Waals surface area contributed by atoms with Crippen LogP contribution in [-0.2, 0) is 11.3 Å². The number of hydrogen-bond acceptors (Lipinski definition) is 3. The summed E-state index contributed by atoms with van der Waals surface area (Å²) in [5.41, 5.74) is 4.27. The molecule has 0 aliphatic carbocycles. The van der Waals surface area contributed by atoms with Crippen LogP contribution in [0.25, 0.3) is 6.08 Å². The summed E-state index contributed by atoms with van der Waals surface area (Å²) in [6.45, 7) is 6.60. The third-order valence-electron chi connectivity index (χ3n) is 4.20. The molecule has 1 aliphatic rings. The van der Waals surface area contributed by atoms with Crippen molar-refractivity contribution < 1.29 is 9.59 Å². The van der Waals surface area contributed by atoms with Gasteiger partial charge in [0, 0.05) is 0 Å². The van der Waals surface area contributed by atoms with Crippen LogP contribution in [0.1, 0.15) is 42.0 Å². The third-order valence-corrected chi connectivity index (χ3v) is 5.11. The van der Waals surface area contributed by atoms with Crippen molar-refractivity contribution in [2.45, 2.75) is 33.2 Å². The van der Waals surface area contributed by atoms with Crippen LogP contribution < -0.4 is 0 Å². The first-order valence-corrected chi connectivity index (χ1v) is 9.16. The molecular weight excluding hydrogens is 330 g/mol. The van der Waals surface area contributed by atoms with Gasteiger partial charge in [-0.25, -0.2) is 0 Å². The molecule has 0 bridgehead atoms. The van der Waals surface area contributed by atoms with E-state index < -0.39 is 0 Å². The molecule has 4 heteroatoms. The molecule has 0 unspecified atom stereocenters. The molecule has 3 nitrogen and oxygen atoms in total. The summed E-state index contributed by atoms with van der Waals surface area (Å²) in [5.74, 6) is 0.250. The zero-order valence-electron chi connectivity index (χ0n) is 14.7. The molecule has 128 valence electrons. The molecule has 0 saturated carbocycles. The summed E-state index contributed by atoms with van der Waals surface area (Å²) < 4.78 is 0. The highest BCUT2D eigenvalue weighted by atomic mass is 32.2. The minimum atomic E-state index is -0.218. The monoisotopic (exact) mass is 351 g/mol. The maximum absolute atomic E-state index is 12.6. The summed E-state index contributed by atoms with van der Waals surface area (Å²) >= 11 is 1.01. The molecule has 1 aliphatic heterocycles. The number of aryl methyl sites for hydroxylation is 1. The fourth-order valence-corrected chi connectivity index (χ4v) is 3.60. The van der Waals surface area contributed by atoms with Gasteiger partial charge < -0.3 is 0 Å². The van der Waals surface area contributed by atoms with Crippen molar-refractivity contribution in [2.24, 2.45) is 0 Å². The predicted octanol–water partition coefficient (Wildman–Crippen LogP) is 5.35. The number of nitrogens with zero attached hydrogens (tertiary/aromatic N) is 1. The maximum Gasteiger partial charge on any atom is 0.293 e. The fourth-order valence-electron chi connectivity index (χ4n) is 2.76. The summed E-state index contributed by atoms with van der Waals surface area (Å²) in [4.78, 5) is 26.6. The number of amides is 2. The van der Waals surface area contributed by atoms with Gasteiger partial charge in [-0.15, -0.1) is 0 Å². The molecule has 0 atom stereocenters. The van der Waals surface area contributed by atoms with Gasteiger partial charge in [-0.2, -0.15) is 0 Å². The average Bonchev–Trinajstić information content (AvgIpc) is 2.83. The van der Waals surface area contributed by atoms with Crippen LogP contribution in [0.5, 0.6) is 0 Å². The highest BCUT2D eigenvalue weighted by Crippen LogP contribution is 2.33. The number of hydrogen-bond donors (Lipinski definition) is 0. The van der Waals surface area contributed by atoms with Crippen LogP contribution in [0.15, 0.2) is 53.4 Å². The largest absolute Gasteiger partial charge is 0.293 e. The van der Waals surface area contributed by atoms with Crippen molar-refractivity contribution in [1.82, 2.24) is 4.90 Å². The molecule has 0 aromatic heterocycles. The van der Waals surface area contributed by atoms with E-state index in [9.17, 15) is 9.59 Å². The van der Waals surface area contributed by atoms with E-state index in [1.54, 1.807) is 6.08 Å². The van der Waals surface area contributed by atoms with Gasteiger partial charge >= 0.3 is 0 Å². The minimum absolute atomic E-state index is 0.212. The Kier molecular flexibility index (Phi) is 5.09. The first-order valence-electron chi connectivity index (χ1n) is 8.35. The van der Waals surface area contributed by atoms with E-state index >= 15 is 0 Å². The molecule has 0 spiro atoms. The first kappa shape index (κ1) is 17.5. The van der Waals surface area contributed by atoms with E-state index in [4.69, 9.17) is 0 Å². The van der Waals surface area contributed by atoms with Crippen molar-refractivity contribution >= 4 is 29.0 Å². The smallest absolute Gasteiger partial charge is 0.268 e. The fraction of sp³-hybridized carbons (Fsp3) is 0.238. The van der Waals surface area contributed by atoms with Gasteiger partial charge in [0.25, 0.3) is 11.1 Å². The second kappa shape index (κ2) is 7.28. The molecular formula is C21H21NO2S. The summed E-state index contributed by atoms with van der Waals surface area (Å²) in [5, 5.41) is -0.212. The number of imide groups is 1. The van der Waals surface area contributed by atoms with E-state index in [1.165, 1.54) is 10.5 Å². The van der Waals surface area contributed by atoms with Gasteiger partial charge in [-0.1, -0.05) is 67.9 Å². The van der Waals surface area contributed by atoms with E-state index in [-0.39, 0.29) is 11.1 Å². The standard InChI is InChI=1S/C21H21NO2S/c1-14(2)18-9-7-16(8-10-18)12-19-20(23)22(21(24)25-19)13-17-6-4-5-15(3)11-17/h4-12,14H,13H2,1-3H3/b19-12-. The summed E-state index contributed by atoms with van der Waals surface area (Å²) in [7, 11) is 0. The Morgan fingerprint density at radius 1 is 1.08 bits per heavy atom. The van der Waals surface area contributed by atoms with E-state index in [0.717, 1.165) is 28.5 Å². The number of carbonyl (C=O) groups excluding carboxylic acids is 2. The minimum Gasteiger partial charge on any atom is -0.268 e. The second-order valence-corrected chi connectivity index (χ2v) is 7.57. The lowest BCUT2D eigenvalue weighted by Gasteiger charge is -2.12. The van der Waals surface area contributed by atoms with Crippen LogP contribution in [0.4, 0.5) is 4.79 Å². The van der Waals surface area contributed by atoms with E-state index in [0.29, 0.717) is 17.4 Å². The normalized spacial score (nSPS) is 16.3. The average molecular weight is 351 g/mol. The lowest BCUT2D eigenvalue weighted by Crippen LogP contribution is -2.27. The van der Waals surface area contributed by atoms with Crippen molar-refractivity contribution in [3.05, 3.63) is 75.7 Å². The molecule has 2 aromatic rings. The van der Waals surface area contributed by atoms with Crippen molar-refractivity contribution in [3.63, 3.8) is 0 Å². The zero-order valence-corrected chi connectivity index (χ0v) is 15.5. The van der Waals surface area contributed by atoms with Crippen LogP contribution >= 0.6 is 11.8 Å². The first-order chi connectivity index (χ1) is 11.9. The zero-order chi connectivity index (χ0) is 18.0. The topological polar surface area (TPSA) is 37.4 Å². The maximum atomic E-state index is 12.6. The van der Waals surface area contributed by atoms with Gasteiger partial charge in [0.2, 0.25) is 0 Å². The molecule has 1 heterocycles.